The van der Waals surface area contributed by atoms with Crippen molar-refractivity contribution >= 4 is 23.2 Å². The molecule has 126 valence electrons. The second-order valence-electron chi connectivity index (χ2n) is 6.20. The molecule has 1 atom stereocenters. The molecule has 0 saturated carbocycles. The van der Waals surface area contributed by atoms with Gasteiger partial charge in [0.2, 0.25) is 5.91 Å². The van der Waals surface area contributed by atoms with Gasteiger partial charge in [0.15, 0.2) is 0 Å². The number of nitrogens with zero attached hydrogens (tertiary/aromatic N) is 1. The topological polar surface area (TPSA) is 92.9 Å². The van der Waals surface area contributed by atoms with Gasteiger partial charge in [-0.05, 0) is 37.3 Å². The normalized spacial score (nSPS) is 21.0. The molecule has 1 spiro atoms. The summed E-state index contributed by atoms with van der Waals surface area (Å²) in [6.45, 7) is 3.72. The van der Waals surface area contributed by atoms with E-state index in [1.54, 1.807) is 6.07 Å². The van der Waals surface area contributed by atoms with E-state index in [1.807, 2.05) is 11.8 Å². The molecular weight excluding hydrogens is 316 g/mol. The summed E-state index contributed by atoms with van der Waals surface area (Å²) in [5.41, 5.74) is 6.50. The van der Waals surface area contributed by atoms with Crippen LogP contribution in [-0.4, -0.2) is 47.6 Å². The number of ether oxygens (including phenoxy) is 1. The third kappa shape index (κ3) is 2.88. The largest absolute Gasteiger partial charge is 0.477 e. The number of hydrogen-bond acceptors (Lipinski definition) is 5. The molecule has 2 aliphatic rings. The van der Waals surface area contributed by atoms with E-state index in [0.717, 1.165) is 16.9 Å². The fourth-order valence-electron chi connectivity index (χ4n) is 3.40. The number of carboxylic acids is 1. The highest BCUT2D eigenvalue weighted by Crippen LogP contribution is 2.45. The summed E-state index contributed by atoms with van der Waals surface area (Å²) >= 11 is 1.32. The quantitative estimate of drug-likeness (QED) is 0.873. The smallest absolute Gasteiger partial charge is 0.345 e. The minimum atomic E-state index is -0.888. The van der Waals surface area contributed by atoms with Gasteiger partial charge in [-0.1, -0.05) is 6.92 Å². The van der Waals surface area contributed by atoms with Gasteiger partial charge in [-0.3, -0.25) is 4.79 Å². The number of carbonyl (C=O) groups is 2. The summed E-state index contributed by atoms with van der Waals surface area (Å²) in [5, 5.41) is 9.23. The van der Waals surface area contributed by atoms with Gasteiger partial charge in [0, 0.05) is 18.0 Å². The van der Waals surface area contributed by atoms with Gasteiger partial charge in [0.25, 0.3) is 0 Å². The van der Waals surface area contributed by atoms with Gasteiger partial charge in [0.05, 0.1) is 12.6 Å². The molecular formula is C16H22N2O4S. The van der Waals surface area contributed by atoms with Gasteiger partial charge in [-0.15, -0.1) is 11.3 Å². The van der Waals surface area contributed by atoms with Crippen LogP contribution in [0.5, 0.6) is 0 Å². The molecule has 3 N–H and O–H groups in total. The van der Waals surface area contributed by atoms with Crippen molar-refractivity contribution in [3.05, 3.63) is 21.4 Å². The molecule has 7 heteroatoms. The van der Waals surface area contributed by atoms with E-state index in [9.17, 15) is 14.7 Å². The summed E-state index contributed by atoms with van der Waals surface area (Å²) in [7, 11) is 0. The Labute approximate surface area is 139 Å². The molecule has 23 heavy (non-hydrogen) atoms. The lowest BCUT2D eigenvalue weighted by molar-refractivity contribution is -0.141. The predicted octanol–water partition coefficient (Wildman–Crippen LogP) is 1.57. The van der Waals surface area contributed by atoms with Crippen LogP contribution in [0.15, 0.2) is 6.07 Å². The number of fused-ring (bicyclic) bond motifs is 2. The number of carboxylic acid groups (broad SMARTS) is 1. The Hall–Kier alpha value is -1.44. The summed E-state index contributed by atoms with van der Waals surface area (Å²) in [4.78, 5) is 26.7. The van der Waals surface area contributed by atoms with E-state index in [-0.39, 0.29) is 5.91 Å². The molecule has 0 unspecified atom stereocenters. The fraction of sp³-hybridized carbons (Fsp3) is 0.625. The van der Waals surface area contributed by atoms with Crippen LogP contribution in [0.2, 0.25) is 0 Å². The molecule has 6 nitrogen and oxygen atoms in total. The third-order valence-electron chi connectivity index (χ3n) is 4.82. The van der Waals surface area contributed by atoms with Gasteiger partial charge in [-0.2, -0.15) is 0 Å². The molecule has 1 fully saturated rings. The molecule has 0 aromatic carbocycles. The molecule has 1 amide bonds. The lowest BCUT2D eigenvalue weighted by Gasteiger charge is -2.44. The maximum Gasteiger partial charge on any atom is 0.345 e. The van der Waals surface area contributed by atoms with E-state index in [0.29, 0.717) is 43.8 Å². The molecule has 3 heterocycles. The second kappa shape index (κ2) is 6.22. The molecule has 1 aromatic rings. The fourth-order valence-corrected chi connectivity index (χ4v) is 4.65. The lowest BCUT2D eigenvalue weighted by atomic mass is 9.85. The van der Waals surface area contributed by atoms with Crippen LogP contribution < -0.4 is 5.73 Å². The van der Waals surface area contributed by atoms with Crippen molar-refractivity contribution in [1.29, 1.82) is 0 Å². The number of thiophene rings is 1. The summed E-state index contributed by atoms with van der Waals surface area (Å²) in [5.74, 6) is -0.892. The molecule has 0 radical (unpaired) electrons. The van der Waals surface area contributed by atoms with Crippen molar-refractivity contribution < 1.29 is 19.4 Å². The highest BCUT2D eigenvalue weighted by Gasteiger charge is 2.43. The number of carbonyl (C=O) groups excluding carboxylic acids is 1. The predicted molar refractivity (Wildman–Crippen MR) is 86.7 cm³/mol. The number of likely N-dealkylation sites (tertiary alicyclic amines) is 1. The van der Waals surface area contributed by atoms with Crippen LogP contribution in [0.4, 0.5) is 0 Å². The van der Waals surface area contributed by atoms with Crippen molar-refractivity contribution in [2.75, 3.05) is 19.7 Å². The first kappa shape index (κ1) is 16.4. The van der Waals surface area contributed by atoms with Crippen LogP contribution >= 0.6 is 11.3 Å². The van der Waals surface area contributed by atoms with E-state index in [2.05, 4.69) is 0 Å². The van der Waals surface area contributed by atoms with Crippen LogP contribution in [0.1, 0.15) is 46.3 Å². The molecule has 0 bridgehead atoms. The van der Waals surface area contributed by atoms with E-state index in [1.165, 1.54) is 11.3 Å². The molecule has 1 aromatic heterocycles. The minimum absolute atomic E-state index is 0.00390. The van der Waals surface area contributed by atoms with Gasteiger partial charge < -0.3 is 20.5 Å². The zero-order chi connectivity index (χ0) is 16.6. The Morgan fingerprint density at radius 2 is 2.17 bits per heavy atom. The average molecular weight is 338 g/mol. The Morgan fingerprint density at radius 1 is 1.48 bits per heavy atom. The lowest BCUT2D eigenvalue weighted by Crippen LogP contribution is -2.51. The van der Waals surface area contributed by atoms with Crippen molar-refractivity contribution in [2.45, 2.75) is 44.2 Å². The number of aromatic carboxylic acids is 1. The summed E-state index contributed by atoms with van der Waals surface area (Å²) < 4.78 is 6.09. The first-order valence-corrected chi connectivity index (χ1v) is 8.83. The Morgan fingerprint density at radius 3 is 2.78 bits per heavy atom. The van der Waals surface area contributed by atoms with Crippen molar-refractivity contribution in [1.82, 2.24) is 4.90 Å². The van der Waals surface area contributed by atoms with E-state index < -0.39 is 17.6 Å². The number of amides is 1. The van der Waals surface area contributed by atoms with Gasteiger partial charge in [-0.25, -0.2) is 4.79 Å². The van der Waals surface area contributed by atoms with Gasteiger partial charge in [0.1, 0.15) is 10.5 Å². The van der Waals surface area contributed by atoms with Crippen molar-refractivity contribution in [2.24, 2.45) is 5.73 Å². The third-order valence-corrected chi connectivity index (χ3v) is 6.17. The SMILES string of the molecule is CC[C@H](N)C(=O)N1CCC2(CC1)OCCc1cc(C(=O)O)sc12. The molecule has 2 aliphatic heterocycles. The van der Waals surface area contributed by atoms with Crippen LogP contribution in [-0.2, 0) is 21.6 Å². The highest BCUT2D eigenvalue weighted by molar-refractivity contribution is 7.14. The zero-order valence-electron chi connectivity index (χ0n) is 13.2. The van der Waals surface area contributed by atoms with Crippen LogP contribution in [0.3, 0.4) is 0 Å². The summed E-state index contributed by atoms with van der Waals surface area (Å²) in [6, 6.07) is 1.34. The first-order chi connectivity index (χ1) is 11.0. The Kier molecular flexibility index (Phi) is 4.44. The van der Waals surface area contributed by atoms with Crippen LogP contribution in [0.25, 0.3) is 0 Å². The maximum atomic E-state index is 12.2. The standard InChI is InChI=1S/C16H22N2O4S/c1-2-11(17)14(19)18-6-4-16(5-7-18)13-10(3-8-22-16)9-12(23-13)15(20)21/h9,11H,2-8,17H2,1H3,(H,20,21)/t11-/m0/s1. The summed E-state index contributed by atoms with van der Waals surface area (Å²) in [6.07, 6.45) is 2.78. The number of nitrogens with two attached hydrogens (primary N) is 1. The maximum absolute atomic E-state index is 12.2. The van der Waals surface area contributed by atoms with Gasteiger partial charge >= 0.3 is 5.97 Å². The second-order valence-corrected chi connectivity index (χ2v) is 7.26. The highest BCUT2D eigenvalue weighted by atomic mass is 32.1. The minimum Gasteiger partial charge on any atom is -0.477 e. The van der Waals surface area contributed by atoms with E-state index >= 15 is 0 Å². The average Bonchev–Trinajstić information content (AvgIpc) is 3.00. The Bertz CT molecular complexity index is 620. The van der Waals surface area contributed by atoms with Crippen molar-refractivity contribution in [3.8, 4) is 0 Å². The number of piperidine rings is 1. The molecule has 3 rings (SSSR count). The van der Waals surface area contributed by atoms with E-state index in [4.69, 9.17) is 10.5 Å². The Balaban J connectivity index is 1.79. The first-order valence-electron chi connectivity index (χ1n) is 8.01. The molecule has 1 saturated heterocycles. The number of rotatable bonds is 3. The number of hydrogen-bond donors (Lipinski definition) is 2. The van der Waals surface area contributed by atoms with Crippen molar-refractivity contribution in [3.63, 3.8) is 0 Å². The molecule has 0 aliphatic carbocycles. The monoisotopic (exact) mass is 338 g/mol. The van der Waals surface area contributed by atoms with Crippen LogP contribution in [0, 0.1) is 0 Å². The zero-order valence-corrected chi connectivity index (χ0v) is 14.0.